The van der Waals surface area contributed by atoms with E-state index in [1.165, 1.54) is 5.56 Å². The van der Waals surface area contributed by atoms with Crippen LogP contribution in [0.4, 0.5) is 0 Å². The number of fused-ring (bicyclic) bond motifs is 1. The lowest BCUT2D eigenvalue weighted by molar-refractivity contribution is 0.0749. The molecule has 4 rings (SSSR count). The van der Waals surface area contributed by atoms with Crippen molar-refractivity contribution in [2.75, 3.05) is 6.54 Å². The summed E-state index contributed by atoms with van der Waals surface area (Å²) in [5, 5.41) is 11.0. The zero-order valence-electron chi connectivity index (χ0n) is 14.2. The van der Waals surface area contributed by atoms with Gasteiger partial charge in [-0.05, 0) is 31.7 Å². The van der Waals surface area contributed by atoms with Gasteiger partial charge in [-0.25, -0.2) is 0 Å². The van der Waals surface area contributed by atoms with E-state index in [0.29, 0.717) is 18.7 Å². The predicted molar refractivity (Wildman–Crippen MR) is 92.7 cm³/mol. The average molecular weight is 339 g/mol. The summed E-state index contributed by atoms with van der Waals surface area (Å²) in [5.74, 6) is 0.665. The summed E-state index contributed by atoms with van der Waals surface area (Å²) in [4.78, 5) is 17.9. The van der Waals surface area contributed by atoms with Crippen LogP contribution in [-0.4, -0.2) is 29.4 Å². The molecule has 1 aliphatic heterocycles. The Morgan fingerprint density at radius 2 is 2.04 bits per heavy atom. The molecule has 0 saturated heterocycles. The van der Waals surface area contributed by atoms with Crippen molar-refractivity contribution in [1.82, 2.24) is 10.5 Å². The molecule has 25 heavy (non-hydrogen) atoms. The van der Waals surface area contributed by atoms with Crippen molar-refractivity contribution in [2.45, 2.75) is 45.1 Å². The molecule has 1 aliphatic carbocycles. The maximum absolute atomic E-state index is 12.4. The summed E-state index contributed by atoms with van der Waals surface area (Å²) >= 11 is 0. The second-order valence-corrected chi connectivity index (χ2v) is 6.69. The number of amides is 1. The van der Waals surface area contributed by atoms with Crippen LogP contribution in [0.5, 0.6) is 0 Å². The number of aromatic nitrogens is 1. The molecule has 2 aromatic rings. The SMILES string of the molecule is Cc1ccc(C2=NO[C@@H](CNC(=O)c3noc4c3CCCC4)C2)cc1. The van der Waals surface area contributed by atoms with Gasteiger partial charge < -0.3 is 14.7 Å². The van der Waals surface area contributed by atoms with Gasteiger partial charge in [0.05, 0.1) is 12.3 Å². The van der Waals surface area contributed by atoms with Gasteiger partial charge in [0.15, 0.2) is 5.69 Å². The third kappa shape index (κ3) is 3.29. The van der Waals surface area contributed by atoms with Crippen LogP contribution in [0.1, 0.15) is 52.2 Å². The molecule has 0 spiro atoms. The second kappa shape index (κ2) is 6.70. The summed E-state index contributed by atoms with van der Waals surface area (Å²) in [6, 6.07) is 8.20. The third-order valence-corrected chi connectivity index (χ3v) is 4.77. The predicted octanol–water partition coefficient (Wildman–Crippen LogP) is 2.78. The van der Waals surface area contributed by atoms with Gasteiger partial charge in [-0.15, -0.1) is 0 Å². The van der Waals surface area contributed by atoms with Crippen molar-refractivity contribution in [3.05, 3.63) is 52.4 Å². The van der Waals surface area contributed by atoms with Crippen LogP contribution in [0.2, 0.25) is 0 Å². The molecule has 0 saturated carbocycles. The molecule has 1 atom stereocenters. The summed E-state index contributed by atoms with van der Waals surface area (Å²) in [6.45, 7) is 2.46. The van der Waals surface area contributed by atoms with Crippen molar-refractivity contribution in [1.29, 1.82) is 0 Å². The molecule has 130 valence electrons. The summed E-state index contributed by atoms with van der Waals surface area (Å²) in [7, 11) is 0. The van der Waals surface area contributed by atoms with E-state index in [-0.39, 0.29) is 12.0 Å². The van der Waals surface area contributed by atoms with Crippen LogP contribution in [0.15, 0.2) is 33.9 Å². The van der Waals surface area contributed by atoms with E-state index in [4.69, 9.17) is 9.36 Å². The lowest BCUT2D eigenvalue weighted by atomic mass is 9.96. The van der Waals surface area contributed by atoms with E-state index >= 15 is 0 Å². The van der Waals surface area contributed by atoms with Gasteiger partial charge in [0.1, 0.15) is 11.9 Å². The Hall–Kier alpha value is -2.63. The van der Waals surface area contributed by atoms with Crippen LogP contribution in [0.3, 0.4) is 0 Å². The van der Waals surface area contributed by atoms with Gasteiger partial charge in [-0.3, -0.25) is 4.79 Å². The minimum Gasteiger partial charge on any atom is -0.390 e. The summed E-state index contributed by atoms with van der Waals surface area (Å²) < 4.78 is 5.30. The van der Waals surface area contributed by atoms with Gasteiger partial charge in [0, 0.05) is 18.4 Å². The molecular formula is C19H21N3O3. The van der Waals surface area contributed by atoms with E-state index in [2.05, 4.69) is 34.7 Å². The molecule has 6 heteroatoms. The Bertz CT molecular complexity index is 808. The number of rotatable bonds is 4. The lowest BCUT2D eigenvalue weighted by Crippen LogP contribution is -2.33. The maximum Gasteiger partial charge on any atom is 0.273 e. The zero-order valence-corrected chi connectivity index (χ0v) is 14.2. The normalized spacial score (nSPS) is 19.1. The van der Waals surface area contributed by atoms with Crippen LogP contribution in [-0.2, 0) is 17.7 Å². The minimum atomic E-state index is -0.195. The van der Waals surface area contributed by atoms with Gasteiger partial charge in [0.2, 0.25) is 0 Å². The first-order valence-corrected chi connectivity index (χ1v) is 8.76. The first-order chi connectivity index (χ1) is 12.2. The monoisotopic (exact) mass is 339 g/mol. The summed E-state index contributed by atoms with van der Waals surface area (Å²) in [6.07, 6.45) is 4.44. The number of carbonyl (C=O) groups is 1. The average Bonchev–Trinajstić information content (AvgIpc) is 3.27. The molecule has 0 unspecified atom stereocenters. The van der Waals surface area contributed by atoms with Gasteiger partial charge in [0.25, 0.3) is 5.91 Å². The molecule has 1 amide bonds. The van der Waals surface area contributed by atoms with Gasteiger partial charge >= 0.3 is 0 Å². The number of nitrogens with zero attached hydrogens (tertiary/aromatic N) is 2. The van der Waals surface area contributed by atoms with E-state index in [1.807, 2.05) is 12.1 Å². The van der Waals surface area contributed by atoms with Crippen LogP contribution < -0.4 is 5.32 Å². The topological polar surface area (TPSA) is 76.7 Å². The fourth-order valence-corrected chi connectivity index (χ4v) is 3.31. The number of nitrogens with one attached hydrogen (secondary N) is 1. The maximum atomic E-state index is 12.4. The summed E-state index contributed by atoms with van der Waals surface area (Å²) in [5.41, 5.74) is 4.58. The van der Waals surface area contributed by atoms with Crippen molar-refractivity contribution in [3.8, 4) is 0 Å². The van der Waals surface area contributed by atoms with Crippen molar-refractivity contribution in [2.24, 2.45) is 5.16 Å². The zero-order chi connectivity index (χ0) is 17.2. The molecule has 0 bridgehead atoms. The quantitative estimate of drug-likeness (QED) is 0.929. The van der Waals surface area contributed by atoms with E-state index in [9.17, 15) is 4.79 Å². The number of benzene rings is 1. The van der Waals surface area contributed by atoms with Crippen molar-refractivity contribution >= 4 is 11.6 Å². The van der Waals surface area contributed by atoms with Crippen molar-refractivity contribution < 1.29 is 14.2 Å². The molecule has 1 aromatic carbocycles. The fraction of sp³-hybridized carbons (Fsp3) is 0.421. The largest absolute Gasteiger partial charge is 0.390 e. The van der Waals surface area contributed by atoms with Crippen LogP contribution >= 0.6 is 0 Å². The highest BCUT2D eigenvalue weighted by Crippen LogP contribution is 2.24. The van der Waals surface area contributed by atoms with Crippen LogP contribution in [0, 0.1) is 6.92 Å². The third-order valence-electron chi connectivity index (χ3n) is 4.77. The molecule has 6 nitrogen and oxygen atoms in total. The van der Waals surface area contributed by atoms with Crippen LogP contribution in [0.25, 0.3) is 0 Å². The Kier molecular flexibility index (Phi) is 4.26. The highest BCUT2D eigenvalue weighted by atomic mass is 16.6. The smallest absolute Gasteiger partial charge is 0.273 e. The lowest BCUT2D eigenvalue weighted by Gasteiger charge is -2.11. The highest BCUT2D eigenvalue weighted by molar-refractivity contribution is 6.01. The van der Waals surface area contributed by atoms with E-state index < -0.39 is 0 Å². The Labute approximate surface area is 146 Å². The number of carbonyl (C=O) groups excluding carboxylic acids is 1. The standard InChI is InChI=1S/C19H21N3O3/c1-12-6-8-13(9-7-12)16-10-14(24-21-16)11-20-19(23)18-15-4-2-3-5-17(15)25-22-18/h6-9,14H,2-5,10-11H2,1H3,(H,20,23)/t14-/m1/s1. The minimum absolute atomic E-state index is 0.150. The van der Waals surface area contributed by atoms with E-state index in [0.717, 1.165) is 48.3 Å². The van der Waals surface area contributed by atoms with Gasteiger partial charge in [-0.2, -0.15) is 0 Å². The number of hydrogen-bond donors (Lipinski definition) is 1. The number of hydrogen-bond acceptors (Lipinski definition) is 5. The molecule has 2 aliphatic rings. The molecular weight excluding hydrogens is 318 g/mol. The second-order valence-electron chi connectivity index (χ2n) is 6.69. The first kappa shape index (κ1) is 15.9. The fourth-order valence-electron chi connectivity index (χ4n) is 3.31. The van der Waals surface area contributed by atoms with E-state index in [1.54, 1.807) is 0 Å². The molecule has 0 fully saturated rings. The first-order valence-electron chi connectivity index (χ1n) is 8.76. The van der Waals surface area contributed by atoms with Gasteiger partial charge in [-0.1, -0.05) is 40.1 Å². The highest BCUT2D eigenvalue weighted by Gasteiger charge is 2.26. The van der Waals surface area contributed by atoms with Crippen molar-refractivity contribution in [3.63, 3.8) is 0 Å². The number of oxime groups is 1. The molecule has 1 aromatic heterocycles. The molecule has 2 heterocycles. The Morgan fingerprint density at radius 3 is 2.88 bits per heavy atom. The number of aryl methyl sites for hydroxylation is 2. The Morgan fingerprint density at radius 1 is 1.24 bits per heavy atom. The molecule has 1 N–H and O–H groups in total. The Balaban J connectivity index is 1.33. The molecule has 0 radical (unpaired) electrons.